The van der Waals surface area contributed by atoms with Crippen molar-refractivity contribution < 1.29 is 31.5 Å². The summed E-state index contributed by atoms with van der Waals surface area (Å²) in [5.41, 5.74) is 0.662. The summed E-state index contributed by atoms with van der Waals surface area (Å²) in [6, 6.07) is 9.69. The Kier molecular flexibility index (Phi) is 12.9. The van der Waals surface area contributed by atoms with Crippen LogP contribution in [0.25, 0.3) is 28.3 Å². The highest BCUT2D eigenvalue weighted by molar-refractivity contribution is 5.90. The van der Waals surface area contributed by atoms with E-state index in [1.54, 1.807) is 26.2 Å². The molecule has 5 aromatic rings. The molecule has 1 fully saturated rings. The van der Waals surface area contributed by atoms with Crippen molar-refractivity contribution in [2.75, 3.05) is 13.6 Å². The van der Waals surface area contributed by atoms with Crippen LogP contribution in [0.4, 0.5) is 22.0 Å². The molecule has 7 rings (SSSR count). The minimum absolute atomic E-state index is 0.0777. The quantitative estimate of drug-likeness (QED) is 0.124. The Morgan fingerprint density at radius 1 is 0.982 bits per heavy atom. The number of aromatic nitrogens is 8. The highest BCUT2D eigenvalue weighted by atomic mass is 19.4. The van der Waals surface area contributed by atoms with Gasteiger partial charge in [0.2, 0.25) is 17.6 Å². The zero-order valence-electron chi connectivity index (χ0n) is 32.5. The van der Waals surface area contributed by atoms with E-state index in [1.165, 1.54) is 16.8 Å². The molecule has 1 aliphatic carbocycles. The largest absolute Gasteiger partial charge is 0.435 e. The van der Waals surface area contributed by atoms with E-state index >= 15 is 0 Å². The second kappa shape index (κ2) is 17.5. The number of amides is 2. The first-order valence-corrected chi connectivity index (χ1v) is 18.4. The van der Waals surface area contributed by atoms with Gasteiger partial charge in [0.1, 0.15) is 17.4 Å². The van der Waals surface area contributed by atoms with E-state index in [0.717, 1.165) is 53.8 Å². The molecular formula is C39H46F5N11O2. The van der Waals surface area contributed by atoms with E-state index in [2.05, 4.69) is 41.1 Å². The molecule has 304 valence electrons. The van der Waals surface area contributed by atoms with Crippen molar-refractivity contribution in [1.29, 1.82) is 0 Å². The predicted molar refractivity (Wildman–Crippen MR) is 203 cm³/mol. The highest BCUT2D eigenvalue weighted by Crippen LogP contribution is 2.32. The Morgan fingerprint density at radius 2 is 1.70 bits per heavy atom. The number of fused-ring (bicyclic) bond motifs is 1. The number of hydrogen-bond acceptors (Lipinski definition) is 8. The molecule has 0 radical (unpaired) electrons. The fourth-order valence-corrected chi connectivity index (χ4v) is 5.87. The van der Waals surface area contributed by atoms with Gasteiger partial charge in [0, 0.05) is 63.2 Å². The summed E-state index contributed by atoms with van der Waals surface area (Å²) in [6.45, 7) is 8.86. The van der Waals surface area contributed by atoms with Crippen LogP contribution >= 0.6 is 0 Å². The Morgan fingerprint density at radius 3 is 2.32 bits per heavy atom. The first-order chi connectivity index (χ1) is 26.9. The molecule has 57 heavy (non-hydrogen) atoms. The van der Waals surface area contributed by atoms with Gasteiger partial charge in [0.25, 0.3) is 5.92 Å². The predicted octanol–water partition coefficient (Wildman–Crippen LogP) is 6.79. The highest BCUT2D eigenvalue weighted by Gasteiger charge is 2.38. The molecule has 1 aliphatic heterocycles. The maximum Gasteiger partial charge on any atom is 0.435 e. The zero-order chi connectivity index (χ0) is 41.5. The van der Waals surface area contributed by atoms with Gasteiger partial charge in [-0.05, 0) is 43.9 Å². The van der Waals surface area contributed by atoms with Crippen LogP contribution < -0.4 is 10.6 Å². The molecule has 0 bridgehead atoms. The maximum atomic E-state index is 13.4. The normalized spacial score (nSPS) is 14.9. The molecule has 1 aromatic carbocycles. The first-order valence-electron chi connectivity index (χ1n) is 18.4. The van der Waals surface area contributed by atoms with E-state index in [1.807, 2.05) is 74.5 Å². The Bertz CT molecular complexity index is 2180. The van der Waals surface area contributed by atoms with Crippen molar-refractivity contribution in [3.63, 3.8) is 0 Å². The first kappa shape index (κ1) is 42.2. The number of nitrogens with one attached hydrogen (secondary N) is 3. The van der Waals surface area contributed by atoms with Gasteiger partial charge in [-0.15, -0.1) is 0 Å². The second-order valence-electron chi connectivity index (χ2n) is 14.3. The van der Waals surface area contributed by atoms with Gasteiger partial charge in [-0.2, -0.15) is 42.5 Å². The second-order valence-corrected chi connectivity index (χ2v) is 14.3. The molecule has 1 saturated carbocycles. The summed E-state index contributed by atoms with van der Waals surface area (Å²) in [5, 5.41) is 19.4. The van der Waals surface area contributed by atoms with Crippen LogP contribution in [0.5, 0.6) is 0 Å². The van der Waals surface area contributed by atoms with Crippen LogP contribution in [0.3, 0.4) is 0 Å². The number of hydrogen-bond donors (Lipinski definition) is 3. The Balaban J connectivity index is 0.000000247. The zero-order valence-corrected chi connectivity index (χ0v) is 32.5. The monoisotopic (exact) mass is 795 g/mol. The van der Waals surface area contributed by atoms with E-state index in [0.29, 0.717) is 0 Å². The number of carbonyl (C=O) groups excluding carboxylic acids is 2. The number of nitrogens with zero attached hydrogens (tertiary/aromatic N) is 8. The van der Waals surface area contributed by atoms with E-state index < -0.39 is 35.3 Å². The van der Waals surface area contributed by atoms with Crippen molar-refractivity contribution in [3.05, 3.63) is 96.5 Å². The summed E-state index contributed by atoms with van der Waals surface area (Å²) < 4.78 is 69.2. The third kappa shape index (κ3) is 11.3. The van der Waals surface area contributed by atoms with Gasteiger partial charge < -0.3 is 15.5 Å². The number of carbonyl (C=O) groups is 2. The summed E-state index contributed by atoms with van der Waals surface area (Å²) in [7, 11) is 1.91. The van der Waals surface area contributed by atoms with E-state index in [-0.39, 0.29) is 47.7 Å². The van der Waals surface area contributed by atoms with Gasteiger partial charge in [0.15, 0.2) is 5.69 Å². The molecule has 2 amide bonds. The average Bonchev–Trinajstić information content (AvgIpc) is 3.48. The molecule has 0 spiro atoms. The molecular weight excluding hydrogens is 749 g/mol. The van der Waals surface area contributed by atoms with Crippen molar-refractivity contribution in [2.24, 2.45) is 5.92 Å². The minimum atomic E-state index is -4.65. The standard InChI is InChI=1S/C23H29F3N8O2.C14H11F2N3.C2H6/c1-22(2,13-34-18(17-11-27-32-30-17)10-19(31-34)23(24,25)26)29-21(36)16(28-20(35)15-6-7-15)9-14-5-4-8-33(3)12-14;1-14(15,16)12-9-19-8-11(7-17-13(19)18-12)10-5-3-2-4-6-10;1-2/h4-5,10-12,15-16H,6-9,13H2,1-3H3,(H,28,35)(H,29,36)(H,27,30,32);2-9H,1H3;1-2H3. The smallest absolute Gasteiger partial charge is 0.376 e. The van der Waals surface area contributed by atoms with Crippen LogP contribution in [0.2, 0.25) is 0 Å². The number of allylic oxidation sites excluding steroid dienone is 1. The van der Waals surface area contributed by atoms with Gasteiger partial charge >= 0.3 is 6.18 Å². The van der Waals surface area contributed by atoms with Crippen LogP contribution in [0.15, 0.2) is 85.1 Å². The summed E-state index contributed by atoms with van der Waals surface area (Å²) in [6.07, 6.45) is 9.02. The number of imidazole rings is 1. The molecule has 5 heterocycles. The van der Waals surface area contributed by atoms with Crippen LogP contribution in [-0.4, -0.2) is 81.4 Å². The van der Waals surface area contributed by atoms with Crippen molar-refractivity contribution in [1.82, 2.24) is 55.1 Å². The van der Waals surface area contributed by atoms with Gasteiger partial charge in [0.05, 0.1) is 24.0 Å². The lowest BCUT2D eigenvalue weighted by molar-refractivity contribution is -0.141. The molecule has 3 N–H and O–H groups in total. The van der Waals surface area contributed by atoms with Gasteiger partial charge in [-0.3, -0.25) is 18.7 Å². The van der Waals surface area contributed by atoms with Crippen molar-refractivity contribution in [2.45, 2.75) is 84.1 Å². The molecule has 1 unspecified atom stereocenters. The number of H-pyrrole nitrogens is 1. The summed E-state index contributed by atoms with van der Waals surface area (Å²) >= 11 is 0. The topological polar surface area (TPSA) is 151 Å². The van der Waals surface area contributed by atoms with E-state index in [9.17, 15) is 31.5 Å². The maximum absolute atomic E-state index is 13.4. The number of halogens is 5. The van der Waals surface area contributed by atoms with Crippen molar-refractivity contribution >= 4 is 17.6 Å². The molecule has 2 aliphatic rings. The number of aromatic amines is 1. The minimum Gasteiger partial charge on any atom is -0.376 e. The third-order valence-electron chi connectivity index (χ3n) is 8.75. The number of likely N-dealkylation sites (N-methyl/N-ethyl adjacent to an activating group) is 1. The van der Waals surface area contributed by atoms with E-state index in [4.69, 9.17) is 0 Å². The SMILES string of the molecule is CC.CC(F)(F)c1cn2cc(-c3ccccc3)cnc2n1.CN1C=C(CC(NC(=O)C2CC2)C(=O)NC(C)(C)Cn2nc(C(F)(F)F)cc2-c2cn[nH]n2)C=CC1. The third-order valence-corrected chi connectivity index (χ3v) is 8.75. The Labute approximate surface area is 326 Å². The summed E-state index contributed by atoms with van der Waals surface area (Å²) in [4.78, 5) is 35.7. The lowest BCUT2D eigenvalue weighted by Gasteiger charge is -2.30. The number of rotatable bonds is 11. The fourth-order valence-electron chi connectivity index (χ4n) is 5.87. The summed E-state index contributed by atoms with van der Waals surface area (Å²) in [5.74, 6) is -3.36. The van der Waals surface area contributed by atoms with Gasteiger partial charge in [-0.25, -0.2) is 9.97 Å². The molecule has 0 saturated heterocycles. The van der Waals surface area contributed by atoms with Crippen molar-refractivity contribution in [3.8, 4) is 22.5 Å². The number of benzene rings is 1. The number of alkyl halides is 5. The van der Waals surface area contributed by atoms with Crippen LogP contribution in [-0.2, 0) is 28.2 Å². The molecule has 13 nitrogen and oxygen atoms in total. The fraction of sp³-hybridized carbons (Fsp3) is 0.410. The van der Waals surface area contributed by atoms with Gasteiger partial charge in [-0.1, -0.05) is 56.3 Å². The molecule has 4 aromatic heterocycles. The molecule has 18 heteroatoms. The average molecular weight is 796 g/mol. The van der Waals surface area contributed by atoms with Crippen LogP contribution in [0, 0.1) is 5.92 Å². The molecule has 1 atom stereocenters. The lowest BCUT2D eigenvalue weighted by atomic mass is 10.0. The van der Waals surface area contributed by atoms with Crippen LogP contribution in [0.1, 0.15) is 65.3 Å². The lowest BCUT2D eigenvalue weighted by Crippen LogP contribution is -2.55. The Hall–Kier alpha value is -5.94.